The lowest BCUT2D eigenvalue weighted by Gasteiger charge is -2.11. The second-order valence-electron chi connectivity index (χ2n) is 21.3. The van der Waals surface area contributed by atoms with Crippen LogP contribution in [-0.4, -0.2) is 18.3 Å². The van der Waals surface area contributed by atoms with Crippen LogP contribution in [0, 0.1) is 0 Å². The highest BCUT2D eigenvalue weighted by Gasteiger charge is 2.18. The van der Waals surface area contributed by atoms with E-state index >= 15 is 0 Å². The Morgan fingerprint density at radius 2 is 0.354 bits per heavy atom. The second-order valence-corrected chi connectivity index (χ2v) is 21.3. The summed E-state index contributed by atoms with van der Waals surface area (Å²) in [6, 6.07) is 103. The van der Waals surface area contributed by atoms with E-state index in [1.165, 1.54) is 143 Å². The van der Waals surface area contributed by atoms with E-state index in [2.05, 4.69) is 297 Å². The summed E-state index contributed by atoms with van der Waals surface area (Å²) in [6.45, 7) is 0. The molecule has 4 heteroatoms. The molecule has 0 N–H and O–H groups in total. The van der Waals surface area contributed by atoms with Gasteiger partial charge in [0.2, 0.25) is 0 Å². The molecule has 0 bridgehead atoms. The first kappa shape index (κ1) is 45.1. The Morgan fingerprint density at radius 1 is 0.165 bits per heavy atom. The van der Waals surface area contributed by atoms with E-state index in [1.54, 1.807) is 0 Å². The zero-order valence-corrected chi connectivity index (χ0v) is 43.5. The molecular weight excluding hydrogens is 957 g/mol. The van der Waals surface area contributed by atoms with Gasteiger partial charge in [-0.05, 0) is 162 Å². The third-order valence-electron chi connectivity index (χ3n) is 16.6. The van der Waals surface area contributed by atoms with Crippen molar-refractivity contribution in [3.63, 3.8) is 0 Å². The topological polar surface area (TPSA) is 19.7 Å². The van der Waals surface area contributed by atoms with Crippen LogP contribution in [-0.2, 0) is 19.3 Å². The quantitative estimate of drug-likeness (QED) is 0.130. The molecule has 4 nitrogen and oxygen atoms in total. The van der Waals surface area contributed by atoms with Crippen LogP contribution in [0.5, 0.6) is 0 Å². The molecule has 4 aromatic heterocycles. The second kappa shape index (κ2) is 18.3. The fourth-order valence-corrected chi connectivity index (χ4v) is 13.0. The fourth-order valence-electron chi connectivity index (χ4n) is 13.0. The van der Waals surface area contributed by atoms with E-state index in [9.17, 15) is 0 Å². The fraction of sp³-hybridized carbons (Fsp3) is 0.0400. The summed E-state index contributed by atoms with van der Waals surface area (Å²) >= 11 is 0. The van der Waals surface area contributed by atoms with Crippen molar-refractivity contribution in [1.82, 2.24) is 18.3 Å². The van der Waals surface area contributed by atoms with Gasteiger partial charge in [-0.25, -0.2) is 0 Å². The maximum atomic E-state index is 2.42. The van der Waals surface area contributed by atoms with Gasteiger partial charge >= 0.3 is 0 Å². The molecule has 16 aromatic rings. The number of hydrogen-bond acceptors (Lipinski definition) is 0. The molecular formula is C75H52N4. The highest BCUT2D eigenvalue weighted by molar-refractivity contribution is 6.12. The maximum Gasteiger partial charge on any atom is 0.0541 e. The van der Waals surface area contributed by atoms with Crippen molar-refractivity contribution in [1.29, 1.82) is 0 Å². The van der Waals surface area contributed by atoms with Crippen molar-refractivity contribution in [2.24, 2.45) is 0 Å². The Hall–Kier alpha value is -10.2. The molecule has 0 atom stereocenters. The molecule has 0 unspecified atom stereocenters. The van der Waals surface area contributed by atoms with Crippen molar-refractivity contribution in [2.75, 3.05) is 0 Å². The van der Waals surface area contributed by atoms with Crippen LogP contribution in [0.3, 0.4) is 0 Å². The van der Waals surface area contributed by atoms with E-state index in [1.807, 2.05) is 0 Å². The standard InChI is InChI=1S/C75H52N4/c1-7-19-68-60(13-1)61-14-2-8-20-69(61)76(68)56-39-29-52(30-40-56)46-54-33-43-74-66(48-54)64-17-5-11-23-72(64)78(74)58-35-25-50(26-36-58)45-51-27-37-59(38-28-51)79-73-24-12-6-18-65(73)67-49-55(34-44-75(67)79)47-53-31-41-57(42-32-53)77-70-21-9-3-15-62(70)63-16-4-10-22-71(63)77/h1-44,48-49H,45-47H2. The first-order valence-electron chi connectivity index (χ1n) is 27.5. The minimum atomic E-state index is 0.854. The molecule has 12 aromatic carbocycles. The summed E-state index contributed by atoms with van der Waals surface area (Å²) in [7, 11) is 0. The number of nitrogens with zero attached hydrogens (tertiary/aromatic N) is 4. The zero-order valence-electron chi connectivity index (χ0n) is 43.5. The molecule has 0 fully saturated rings. The van der Waals surface area contributed by atoms with Crippen LogP contribution in [0.25, 0.3) is 110 Å². The summed E-state index contributed by atoms with van der Waals surface area (Å²) in [6.07, 6.45) is 2.58. The summed E-state index contributed by atoms with van der Waals surface area (Å²) in [4.78, 5) is 0. The molecule has 0 aliphatic rings. The van der Waals surface area contributed by atoms with Crippen molar-refractivity contribution >= 4 is 87.2 Å². The van der Waals surface area contributed by atoms with Gasteiger partial charge in [0.05, 0.1) is 44.1 Å². The smallest absolute Gasteiger partial charge is 0.0541 e. The molecule has 0 radical (unpaired) electrons. The molecule has 0 saturated heterocycles. The van der Waals surface area contributed by atoms with E-state index in [4.69, 9.17) is 0 Å². The lowest BCUT2D eigenvalue weighted by Crippen LogP contribution is -1.97. The van der Waals surface area contributed by atoms with Crippen LogP contribution in [0.2, 0.25) is 0 Å². The van der Waals surface area contributed by atoms with Crippen LogP contribution in [0.4, 0.5) is 0 Å². The number of para-hydroxylation sites is 6. The first-order chi connectivity index (χ1) is 39.1. The van der Waals surface area contributed by atoms with Crippen LogP contribution in [0.15, 0.2) is 279 Å². The largest absolute Gasteiger partial charge is 0.309 e. The van der Waals surface area contributed by atoms with Crippen molar-refractivity contribution in [3.8, 4) is 22.7 Å². The minimum Gasteiger partial charge on any atom is -0.309 e. The normalized spacial score (nSPS) is 11.9. The van der Waals surface area contributed by atoms with Crippen LogP contribution in [0.1, 0.15) is 33.4 Å². The molecule has 4 heterocycles. The van der Waals surface area contributed by atoms with Gasteiger partial charge in [-0.2, -0.15) is 0 Å². The van der Waals surface area contributed by atoms with E-state index in [0.29, 0.717) is 0 Å². The average molecular weight is 1010 g/mol. The molecule has 0 spiro atoms. The first-order valence-corrected chi connectivity index (χ1v) is 27.5. The number of rotatable bonds is 10. The van der Waals surface area contributed by atoms with Gasteiger partial charge in [-0.15, -0.1) is 0 Å². The molecule has 0 saturated carbocycles. The number of hydrogen-bond donors (Lipinski definition) is 0. The molecule has 79 heavy (non-hydrogen) atoms. The average Bonchev–Trinajstić information content (AvgIpc) is 4.45. The Labute approximate surface area is 457 Å². The van der Waals surface area contributed by atoms with Gasteiger partial charge in [0, 0.05) is 65.8 Å². The Kier molecular flexibility index (Phi) is 10.4. The highest BCUT2D eigenvalue weighted by atomic mass is 15.0. The van der Waals surface area contributed by atoms with Crippen molar-refractivity contribution in [3.05, 3.63) is 312 Å². The lowest BCUT2D eigenvalue weighted by molar-refractivity contribution is 1.13. The molecule has 0 aliphatic carbocycles. The predicted molar refractivity (Wildman–Crippen MR) is 332 cm³/mol. The SMILES string of the molecule is c1ccc2c(c1)c1ccccc1n2-c1ccc(Cc2ccc3c(c2)c2ccccc2n3-c2ccc(Cc3ccc(-n4c5ccccc5c5cc(Cc6ccc(-n7c8ccccc8c8ccccc87)cc6)ccc54)cc3)cc2)cc1. The third kappa shape index (κ3) is 7.51. The van der Waals surface area contributed by atoms with Crippen molar-refractivity contribution in [2.45, 2.75) is 19.3 Å². The van der Waals surface area contributed by atoms with E-state index in [0.717, 1.165) is 19.3 Å². The monoisotopic (exact) mass is 1010 g/mol. The summed E-state index contributed by atoms with van der Waals surface area (Å²) in [5, 5.41) is 10.2. The molecule has 0 aliphatic heterocycles. The zero-order chi connectivity index (χ0) is 52.0. The number of aromatic nitrogens is 4. The van der Waals surface area contributed by atoms with Gasteiger partial charge in [0.1, 0.15) is 0 Å². The minimum absolute atomic E-state index is 0.854. The van der Waals surface area contributed by atoms with Gasteiger partial charge < -0.3 is 18.3 Å². The van der Waals surface area contributed by atoms with E-state index in [-0.39, 0.29) is 0 Å². The maximum absolute atomic E-state index is 2.42. The number of fused-ring (bicyclic) bond motifs is 12. The van der Waals surface area contributed by atoms with Crippen LogP contribution >= 0.6 is 0 Å². The Bertz CT molecular complexity index is 4580. The third-order valence-corrected chi connectivity index (χ3v) is 16.6. The number of benzene rings is 12. The molecule has 0 amide bonds. The summed E-state index contributed by atoms with van der Waals surface area (Å²) in [5.74, 6) is 0. The molecule has 372 valence electrons. The van der Waals surface area contributed by atoms with Gasteiger partial charge in [-0.3, -0.25) is 0 Å². The summed E-state index contributed by atoms with van der Waals surface area (Å²) in [5.41, 5.74) is 22.3. The predicted octanol–water partition coefficient (Wildman–Crippen LogP) is 18.8. The van der Waals surface area contributed by atoms with Gasteiger partial charge in [0.15, 0.2) is 0 Å². The summed E-state index contributed by atoms with van der Waals surface area (Å²) < 4.78 is 9.62. The van der Waals surface area contributed by atoms with E-state index < -0.39 is 0 Å². The molecule has 16 rings (SSSR count). The highest BCUT2D eigenvalue weighted by Crippen LogP contribution is 2.38. The Morgan fingerprint density at radius 3 is 0.608 bits per heavy atom. The van der Waals surface area contributed by atoms with Crippen molar-refractivity contribution < 1.29 is 0 Å². The Balaban J connectivity index is 0.635. The van der Waals surface area contributed by atoms with Crippen LogP contribution < -0.4 is 0 Å². The van der Waals surface area contributed by atoms with Gasteiger partial charge in [0.25, 0.3) is 0 Å². The lowest BCUT2D eigenvalue weighted by atomic mass is 10.0. The van der Waals surface area contributed by atoms with Gasteiger partial charge in [-0.1, -0.05) is 170 Å².